The van der Waals surface area contributed by atoms with Crippen LogP contribution in [0.5, 0.6) is 0 Å². The van der Waals surface area contributed by atoms with Crippen molar-refractivity contribution in [2.45, 2.75) is 38.5 Å². The summed E-state index contributed by atoms with van der Waals surface area (Å²) in [5, 5.41) is 7.45. The molecule has 0 unspecified atom stereocenters. The number of benzene rings is 12. The highest BCUT2D eigenvalue weighted by molar-refractivity contribution is 6.32. The van der Waals surface area contributed by atoms with Crippen molar-refractivity contribution in [2.75, 3.05) is 4.90 Å². The van der Waals surface area contributed by atoms with Gasteiger partial charge in [-0.2, -0.15) is 0 Å². The highest BCUT2D eigenvalue weighted by atomic mass is 15.1. The molecule has 0 fully saturated rings. The van der Waals surface area contributed by atoms with Crippen LogP contribution >= 0.6 is 0 Å². The molecule has 0 spiro atoms. The summed E-state index contributed by atoms with van der Waals surface area (Å²) in [5.41, 5.74) is 23.6. The topological polar surface area (TPSA) is 3.24 Å². The molecule has 346 valence electrons. The standard InChI is InChI=1S/C72H53N/c1-71(2)65-30-18-16-27-56(65)58-37-33-51(44-67(58)71)73(52-34-38-59-57-28-17-19-31-66(57)72(3,4)68(59)45-52)50-35-39-62-64(43-50)54-26-14-15-29-60(54)70-61(41-40-53(69(62)70)47-22-10-6-11-23-47)55-36-32-49(46-20-8-5-9-21-46)42-63(55)48-24-12-7-13-25-48/h5-45H,1-4H3. The molecular formula is C72H53N. The van der Waals surface area contributed by atoms with E-state index in [0.29, 0.717) is 0 Å². The van der Waals surface area contributed by atoms with Crippen LogP contribution < -0.4 is 4.90 Å². The number of fused-ring (bicyclic) bond motifs is 12. The van der Waals surface area contributed by atoms with Crippen LogP contribution in [0.1, 0.15) is 49.9 Å². The maximum Gasteiger partial charge on any atom is 0.0468 e. The van der Waals surface area contributed by atoms with Gasteiger partial charge in [0.1, 0.15) is 0 Å². The highest BCUT2D eigenvalue weighted by Crippen LogP contribution is 2.54. The van der Waals surface area contributed by atoms with E-state index >= 15 is 0 Å². The molecule has 2 aliphatic rings. The first-order valence-electron chi connectivity index (χ1n) is 25.7. The minimum absolute atomic E-state index is 0.151. The maximum atomic E-state index is 2.52. The Morgan fingerprint density at radius 3 is 1.25 bits per heavy atom. The Labute approximate surface area is 428 Å². The monoisotopic (exact) mass is 931 g/mol. The Balaban J connectivity index is 1.04. The van der Waals surface area contributed by atoms with Crippen LogP contribution in [-0.2, 0) is 10.8 Å². The number of rotatable bonds is 7. The second kappa shape index (κ2) is 16.4. The summed E-state index contributed by atoms with van der Waals surface area (Å²) in [5.74, 6) is 0. The summed E-state index contributed by atoms with van der Waals surface area (Å²) in [4.78, 5) is 2.52. The highest BCUT2D eigenvalue weighted by Gasteiger charge is 2.38. The van der Waals surface area contributed by atoms with Crippen LogP contribution in [0.4, 0.5) is 17.1 Å². The molecule has 0 aromatic heterocycles. The van der Waals surface area contributed by atoms with Crippen molar-refractivity contribution in [1.29, 1.82) is 0 Å². The Kier molecular flexibility index (Phi) is 9.66. The molecule has 2 aliphatic carbocycles. The van der Waals surface area contributed by atoms with Crippen molar-refractivity contribution in [3.8, 4) is 66.8 Å². The van der Waals surface area contributed by atoms with Gasteiger partial charge in [0, 0.05) is 27.9 Å². The third-order valence-electron chi connectivity index (χ3n) is 16.5. The first kappa shape index (κ1) is 43.0. The lowest BCUT2D eigenvalue weighted by Crippen LogP contribution is -2.18. The minimum Gasteiger partial charge on any atom is -0.310 e. The summed E-state index contributed by atoms with van der Waals surface area (Å²) in [6.45, 7) is 9.53. The van der Waals surface area contributed by atoms with Gasteiger partial charge in [0.25, 0.3) is 0 Å². The number of hydrogen-bond donors (Lipinski definition) is 0. The van der Waals surface area contributed by atoms with Crippen molar-refractivity contribution in [2.24, 2.45) is 0 Å². The van der Waals surface area contributed by atoms with E-state index in [4.69, 9.17) is 0 Å². The van der Waals surface area contributed by atoms with Gasteiger partial charge in [0.15, 0.2) is 0 Å². The number of hydrogen-bond acceptors (Lipinski definition) is 1. The van der Waals surface area contributed by atoms with Gasteiger partial charge in [-0.15, -0.1) is 0 Å². The van der Waals surface area contributed by atoms with E-state index < -0.39 is 0 Å². The molecule has 12 aromatic rings. The zero-order chi connectivity index (χ0) is 49.0. The molecule has 0 N–H and O–H groups in total. The molecule has 0 saturated carbocycles. The Hall–Kier alpha value is -8.78. The zero-order valence-electron chi connectivity index (χ0n) is 41.6. The van der Waals surface area contributed by atoms with Gasteiger partial charge >= 0.3 is 0 Å². The SMILES string of the molecule is CC1(C)c2ccccc2-c2ccc(N(c3ccc4c(c3)C(C)(C)c3ccccc3-4)c3ccc4c(c3)c3ccccc3c3c(-c5ccc(-c6ccccc6)cc5-c5ccccc5)ccc(-c5ccccc5)c43)cc21. The van der Waals surface area contributed by atoms with Crippen molar-refractivity contribution in [1.82, 2.24) is 0 Å². The van der Waals surface area contributed by atoms with E-state index in [9.17, 15) is 0 Å². The summed E-state index contributed by atoms with van der Waals surface area (Å²) in [6.07, 6.45) is 0. The summed E-state index contributed by atoms with van der Waals surface area (Å²) < 4.78 is 0. The van der Waals surface area contributed by atoms with E-state index in [0.717, 1.165) is 17.1 Å². The van der Waals surface area contributed by atoms with E-state index in [-0.39, 0.29) is 10.8 Å². The first-order chi connectivity index (χ1) is 35.7. The van der Waals surface area contributed by atoms with Gasteiger partial charge < -0.3 is 4.90 Å². The number of nitrogens with zero attached hydrogens (tertiary/aromatic N) is 1. The van der Waals surface area contributed by atoms with E-state index in [2.05, 4.69) is 281 Å². The van der Waals surface area contributed by atoms with Gasteiger partial charge in [-0.3, -0.25) is 0 Å². The van der Waals surface area contributed by atoms with Crippen LogP contribution in [0.3, 0.4) is 0 Å². The van der Waals surface area contributed by atoms with E-state index in [1.165, 1.54) is 121 Å². The Morgan fingerprint density at radius 1 is 0.233 bits per heavy atom. The maximum absolute atomic E-state index is 2.52. The molecule has 0 bridgehead atoms. The molecule has 0 radical (unpaired) electrons. The molecule has 73 heavy (non-hydrogen) atoms. The van der Waals surface area contributed by atoms with Crippen LogP contribution in [0.25, 0.3) is 99.1 Å². The molecule has 1 heteroatoms. The molecule has 0 heterocycles. The van der Waals surface area contributed by atoms with Crippen molar-refractivity contribution >= 4 is 49.4 Å². The molecule has 0 atom stereocenters. The van der Waals surface area contributed by atoms with Gasteiger partial charge in [0.2, 0.25) is 0 Å². The lowest BCUT2D eigenvalue weighted by Gasteiger charge is -2.30. The fourth-order valence-corrected chi connectivity index (χ4v) is 12.8. The molecule has 0 saturated heterocycles. The molecule has 14 rings (SSSR count). The summed E-state index contributed by atoms with van der Waals surface area (Å²) in [6, 6.07) is 93.1. The third kappa shape index (κ3) is 6.62. The lowest BCUT2D eigenvalue weighted by atomic mass is 9.82. The van der Waals surface area contributed by atoms with Gasteiger partial charge in [0.05, 0.1) is 0 Å². The van der Waals surface area contributed by atoms with Gasteiger partial charge in [-0.1, -0.05) is 234 Å². The molecule has 12 aromatic carbocycles. The van der Waals surface area contributed by atoms with E-state index in [1.54, 1.807) is 0 Å². The molecule has 1 nitrogen and oxygen atoms in total. The predicted molar refractivity (Wildman–Crippen MR) is 311 cm³/mol. The molecular weight excluding hydrogens is 879 g/mol. The molecule has 0 amide bonds. The summed E-state index contributed by atoms with van der Waals surface area (Å²) >= 11 is 0. The lowest BCUT2D eigenvalue weighted by molar-refractivity contribution is 0.660. The van der Waals surface area contributed by atoms with Crippen molar-refractivity contribution in [3.05, 3.63) is 271 Å². The predicted octanol–water partition coefficient (Wildman–Crippen LogP) is 19.9. The van der Waals surface area contributed by atoms with Gasteiger partial charge in [-0.05, 0) is 164 Å². The second-order valence-corrected chi connectivity index (χ2v) is 21.2. The van der Waals surface area contributed by atoms with Crippen LogP contribution in [0, 0.1) is 0 Å². The normalized spacial score (nSPS) is 13.7. The minimum atomic E-state index is -0.151. The van der Waals surface area contributed by atoms with Crippen molar-refractivity contribution < 1.29 is 0 Å². The average molecular weight is 932 g/mol. The largest absolute Gasteiger partial charge is 0.310 e. The fourth-order valence-electron chi connectivity index (χ4n) is 12.8. The third-order valence-corrected chi connectivity index (χ3v) is 16.5. The fraction of sp³-hybridized carbons (Fsp3) is 0.0833. The molecule has 0 aliphatic heterocycles. The zero-order valence-corrected chi connectivity index (χ0v) is 41.6. The van der Waals surface area contributed by atoms with Crippen LogP contribution in [0.2, 0.25) is 0 Å². The quantitative estimate of drug-likeness (QED) is 0.144. The Bertz CT molecular complexity index is 4070. The smallest absolute Gasteiger partial charge is 0.0468 e. The van der Waals surface area contributed by atoms with E-state index in [1.807, 2.05) is 0 Å². The van der Waals surface area contributed by atoms with Crippen LogP contribution in [-0.4, -0.2) is 0 Å². The average Bonchev–Trinajstić information content (AvgIpc) is 3.82. The number of anilines is 3. The van der Waals surface area contributed by atoms with Crippen molar-refractivity contribution in [3.63, 3.8) is 0 Å². The van der Waals surface area contributed by atoms with Crippen LogP contribution in [0.15, 0.2) is 249 Å². The summed E-state index contributed by atoms with van der Waals surface area (Å²) in [7, 11) is 0. The van der Waals surface area contributed by atoms with Gasteiger partial charge in [-0.25, -0.2) is 0 Å². The first-order valence-corrected chi connectivity index (χ1v) is 25.7. The second-order valence-electron chi connectivity index (χ2n) is 21.2. The Morgan fingerprint density at radius 2 is 0.644 bits per heavy atom.